The molecule has 0 aliphatic heterocycles. The van der Waals surface area contributed by atoms with Crippen LogP contribution in [0.25, 0.3) is 11.0 Å². The predicted molar refractivity (Wildman–Crippen MR) is 69.2 cm³/mol. The summed E-state index contributed by atoms with van der Waals surface area (Å²) in [5, 5.41) is 0. The number of hydrogen-bond acceptors (Lipinski definition) is 3. The molecular weight excluding hydrogens is 292 g/mol. The number of rotatable bonds is 6. The Kier molecular flexibility index (Phi) is 4.51. The Bertz CT molecular complexity index is 645. The van der Waals surface area contributed by atoms with Crippen molar-refractivity contribution in [1.29, 1.82) is 0 Å². The van der Waals surface area contributed by atoms with Gasteiger partial charge in [-0.3, -0.25) is 4.79 Å². The molecule has 0 bridgehead atoms. The largest absolute Gasteiger partial charge is 0.370 e. The van der Waals surface area contributed by atoms with Crippen molar-refractivity contribution < 1.29 is 18.3 Å². The van der Waals surface area contributed by atoms with Crippen molar-refractivity contribution in [3.8, 4) is 0 Å². The van der Waals surface area contributed by atoms with Gasteiger partial charge >= 0.3 is 0 Å². The number of fused-ring (bicyclic) bond motifs is 1. The van der Waals surface area contributed by atoms with Gasteiger partial charge in [0.25, 0.3) is 0 Å². The number of amides is 1. The standard InChI is InChI=1S/C12H12ClF2N3O2/c13-5-11-17-12-8(15)3-7(14)4-9(12)18(11)1-2-20-6-10(16)19/h3-4H,1-2,5-6H2,(H2,16,19). The SMILES string of the molecule is NC(=O)COCCn1c(CCl)nc2c(F)cc(F)cc21. The fourth-order valence-electron chi connectivity index (χ4n) is 1.88. The van der Waals surface area contributed by atoms with E-state index in [-0.39, 0.29) is 31.2 Å². The second-order valence-corrected chi connectivity index (χ2v) is 4.35. The molecule has 0 spiro atoms. The van der Waals surface area contributed by atoms with E-state index in [1.54, 1.807) is 4.57 Å². The van der Waals surface area contributed by atoms with Gasteiger partial charge in [-0.1, -0.05) is 0 Å². The van der Waals surface area contributed by atoms with Crippen LogP contribution in [-0.4, -0.2) is 28.7 Å². The van der Waals surface area contributed by atoms with E-state index in [1.165, 1.54) is 6.07 Å². The van der Waals surface area contributed by atoms with E-state index in [0.29, 0.717) is 11.3 Å². The lowest BCUT2D eigenvalue weighted by Gasteiger charge is -2.07. The van der Waals surface area contributed by atoms with Gasteiger partial charge in [-0.2, -0.15) is 0 Å². The fraction of sp³-hybridized carbons (Fsp3) is 0.333. The summed E-state index contributed by atoms with van der Waals surface area (Å²) in [5.41, 5.74) is 5.28. The van der Waals surface area contributed by atoms with E-state index in [2.05, 4.69) is 4.98 Å². The first kappa shape index (κ1) is 14.7. The molecule has 1 aromatic carbocycles. The van der Waals surface area contributed by atoms with E-state index < -0.39 is 17.5 Å². The van der Waals surface area contributed by atoms with Gasteiger partial charge in [-0.15, -0.1) is 11.6 Å². The first-order valence-electron chi connectivity index (χ1n) is 5.79. The summed E-state index contributed by atoms with van der Waals surface area (Å²) >= 11 is 5.74. The lowest BCUT2D eigenvalue weighted by molar-refractivity contribution is -0.122. The monoisotopic (exact) mass is 303 g/mol. The van der Waals surface area contributed by atoms with Crippen molar-refractivity contribution in [2.24, 2.45) is 5.73 Å². The third kappa shape index (κ3) is 3.05. The lowest BCUT2D eigenvalue weighted by atomic mass is 10.3. The Morgan fingerprint density at radius 3 is 2.85 bits per heavy atom. The molecule has 0 saturated heterocycles. The Balaban J connectivity index is 2.28. The number of hydrogen-bond donors (Lipinski definition) is 1. The molecule has 1 aromatic heterocycles. The summed E-state index contributed by atoms with van der Waals surface area (Å²) < 4.78 is 33.5. The van der Waals surface area contributed by atoms with Gasteiger partial charge in [0.2, 0.25) is 5.91 Å². The molecule has 1 heterocycles. The molecule has 0 atom stereocenters. The van der Waals surface area contributed by atoms with Crippen molar-refractivity contribution in [2.45, 2.75) is 12.4 Å². The molecule has 2 aromatic rings. The van der Waals surface area contributed by atoms with Crippen molar-refractivity contribution in [3.05, 3.63) is 29.6 Å². The second-order valence-electron chi connectivity index (χ2n) is 4.09. The number of aromatic nitrogens is 2. The van der Waals surface area contributed by atoms with Crippen molar-refractivity contribution >= 4 is 28.5 Å². The first-order chi connectivity index (χ1) is 9.52. The number of benzene rings is 1. The third-order valence-corrected chi connectivity index (χ3v) is 2.91. The van der Waals surface area contributed by atoms with Gasteiger partial charge in [-0.05, 0) is 6.07 Å². The molecular formula is C12H12ClF2N3O2. The van der Waals surface area contributed by atoms with Crippen LogP contribution < -0.4 is 5.73 Å². The summed E-state index contributed by atoms with van der Waals surface area (Å²) in [4.78, 5) is 14.6. The number of nitrogens with zero attached hydrogens (tertiary/aromatic N) is 2. The molecule has 0 radical (unpaired) electrons. The average molecular weight is 304 g/mol. The first-order valence-corrected chi connectivity index (χ1v) is 6.32. The number of nitrogens with two attached hydrogens (primary N) is 1. The fourth-order valence-corrected chi connectivity index (χ4v) is 2.08. The highest BCUT2D eigenvalue weighted by Gasteiger charge is 2.14. The minimum Gasteiger partial charge on any atom is -0.370 e. The minimum absolute atomic E-state index is 0.0472. The van der Waals surface area contributed by atoms with Crippen molar-refractivity contribution in [3.63, 3.8) is 0 Å². The summed E-state index contributed by atoms with van der Waals surface area (Å²) in [6, 6.07) is 1.94. The van der Waals surface area contributed by atoms with Crippen molar-refractivity contribution in [1.82, 2.24) is 9.55 Å². The van der Waals surface area contributed by atoms with Crippen LogP contribution in [-0.2, 0) is 22.0 Å². The molecule has 2 N–H and O–H groups in total. The second kappa shape index (κ2) is 6.15. The third-order valence-electron chi connectivity index (χ3n) is 2.67. The summed E-state index contributed by atoms with van der Waals surface area (Å²) in [6.07, 6.45) is 0. The van der Waals surface area contributed by atoms with Gasteiger partial charge in [-0.25, -0.2) is 13.8 Å². The highest BCUT2D eigenvalue weighted by molar-refractivity contribution is 6.16. The zero-order valence-electron chi connectivity index (χ0n) is 10.4. The van der Waals surface area contributed by atoms with E-state index in [1.807, 2.05) is 0 Å². The summed E-state index contributed by atoms with van der Waals surface area (Å²) in [6.45, 7) is 0.191. The van der Waals surface area contributed by atoms with Gasteiger partial charge < -0.3 is 15.0 Å². The minimum atomic E-state index is -0.747. The van der Waals surface area contributed by atoms with Crippen LogP contribution in [0.4, 0.5) is 8.78 Å². The van der Waals surface area contributed by atoms with Gasteiger partial charge in [0.15, 0.2) is 5.82 Å². The molecule has 0 saturated carbocycles. The quantitative estimate of drug-likeness (QED) is 0.650. The van der Waals surface area contributed by atoms with E-state index in [0.717, 1.165) is 6.07 Å². The molecule has 2 rings (SSSR count). The maximum Gasteiger partial charge on any atom is 0.243 e. The molecule has 5 nitrogen and oxygen atoms in total. The number of primary amides is 1. The Morgan fingerprint density at radius 1 is 1.45 bits per heavy atom. The smallest absolute Gasteiger partial charge is 0.243 e. The zero-order valence-corrected chi connectivity index (χ0v) is 11.2. The molecule has 0 aliphatic carbocycles. The van der Waals surface area contributed by atoms with Crippen molar-refractivity contribution in [2.75, 3.05) is 13.2 Å². The molecule has 1 amide bonds. The summed E-state index contributed by atoms with van der Waals surface area (Å²) in [7, 11) is 0. The summed E-state index contributed by atoms with van der Waals surface area (Å²) in [5.74, 6) is -1.59. The Hall–Kier alpha value is -1.73. The maximum atomic E-state index is 13.6. The zero-order chi connectivity index (χ0) is 14.7. The van der Waals surface area contributed by atoms with Crippen LogP contribution in [0.2, 0.25) is 0 Å². The maximum absolute atomic E-state index is 13.6. The Morgan fingerprint density at radius 2 is 2.20 bits per heavy atom. The van der Waals surface area contributed by atoms with Crippen LogP contribution in [0.1, 0.15) is 5.82 Å². The number of ether oxygens (including phenoxy) is 1. The van der Waals surface area contributed by atoms with Gasteiger partial charge in [0.05, 0.1) is 18.0 Å². The lowest BCUT2D eigenvalue weighted by Crippen LogP contribution is -2.20. The van der Waals surface area contributed by atoms with Gasteiger partial charge in [0, 0.05) is 12.6 Å². The number of carbonyl (C=O) groups is 1. The van der Waals surface area contributed by atoms with Crippen LogP contribution in [0.3, 0.4) is 0 Å². The molecule has 20 heavy (non-hydrogen) atoms. The molecule has 0 fully saturated rings. The van der Waals surface area contributed by atoms with Crippen LogP contribution in [0, 0.1) is 11.6 Å². The van der Waals surface area contributed by atoms with E-state index in [4.69, 9.17) is 22.1 Å². The predicted octanol–water partition coefficient (Wildman–Crippen LogP) is 1.56. The van der Waals surface area contributed by atoms with E-state index in [9.17, 15) is 13.6 Å². The molecule has 8 heteroatoms. The van der Waals surface area contributed by atoms with Crippen LogP contribution in [0.5, 0.6) is 0 Å². The normalized spacial score (nSPS) is 11.2. The number of imidazole rings is 1. The van der Waals surface area contributed by atoms with Gasteiger partial charge in [0.1, 0.15) is 23.8 Å². The van der Waals surface area contributed by atoms with E-state index >= 15 is 0 Å². The molecule has 0 unspecified atom stereocenters. The molecule has 108 valence electrons. The topological polar surface area (TPSA) is 70.1 Å². The number of halogens is 3. The highest BCUT2D eigenvalue weighted by atomic mass is 35.5. The average Bonchev–Trinajstić information content (AvgIpc) is 2.73. The molecule has 0 aliphatic rings. The van der Waals surface area contributed by atoms with Crippen LogP contribution in [0.15, 0.2) is 12.1 Å². The highest BCUT2D eigenvalue weighted by Crippen LogP contribution is 2.21. The number of carbonyl (C=O) groups excluding carboxylic acids is 1. The van der Waals surface area contributed by atoms with Crippen LogP contribution >= 0.6 is 11.6 Å². The Labute approximate surface area is 118 Å². The number of alkyl halides is 1.